The lowest BCUT2D eigenvalue weighted by Crippen LogP contribution is -2.46. The molecule has 0 bridgehead atoms. The zero-order valence-electron chi connectivity index (χ0n) is 15.6. The van der Waals surface area contributed by atoms with Crippen LogP contribution in [0.1, 0.15) is 22.7 Å². The minimum Gasteiger partial charge on any atom is -0.466 e. The van der Waals surface area contributed by atoms with Crippen molar-refractivity contribution in [2.45, 2.75) is 25.0 Å². The van der Waals surface area contributed by atoms with Crippen LogP contribution in [0.3, 0.4) is 0 Å². The largest absolute Gasteiger partial charge is 0.466 e. The van der Waals surface area contributed by atoms with Crippen LogP contribution in [0, 0.1) is 13.8 Å². The third-order valence-corrected chi connectivity index (χ3v) is 5.38. The molecule has 2 amide bonds. The number of nitrogens with one attached hydrogen (secondary N) is 2. The number of aryl methyl sites for hydroxylation is 3. The number of benzene rings is 1. The van der Waals surface area contributed by atoms with Gasteiger partial charge in [0, 0.05) is 18.5 Å². The first kappa shape index (κ1) is 19.0. The van der Waals surface area contributed by atoms with E-state index in [9.17, 15) is 9.59 Å². The van der Waals surface area contributed by atoms with E-state index in [1.165, 1.54) is 18.9 Å². The Morgan fingerprint density at radius 2 is 2.15 bits per heavy atom. The van der Waals surface area contributed by atoms with Crippen molar-refractivity contribution in [1.82, 2.24) is 25.4 Å². The molecule has 0 unspecified atom stereocenters. The van der Waals surface area contributed by atoms with Crippen LogP contribution in [0.25, 0.3) is 0 Å². The van der Waals surface area contributed by atoms with Crippen LogP contribution < -0.4 is 10.6 Å². The summed E-state index contributed by atoms with van der Waals surface area (Å²) in [4.78, 5) is 24.9. The highest BCUT2D eigenvalue weighted by Crippen LogP contribution is 2.32. The third-order valence-electron chi connectivity index (χ3n) is 4.32. The smallest absolute Gasteiger partial charge is 0.338 e. The van der Waals surface area contributed by atoms with Crippen molar-refractivity contribution in [1.29, 1.82) is 0 Å². The van der Waals surface area contributed by atoms with Crippen molar-refractivity contribution in [3.63, 3.8) is 0 Å². The Morgan fingerprint density at radius 3 is 2.81 bits per heavy atom. The van der Waals surface area contributed by atoms with E-state index in [-0.39, 0.29) is 6.03 Å². The van der Waals surface area contributed by atoms with Gasteiger partial charge in [-0.15, -0.1) is 10.2 Å². The first-order valence-electron chi connectivity index (χ1n) is 8.33. The fourth-order valence-corrected chi connectivity index (χ4v) is 3.78. The molecule has 1 aliphatic heterocycles. The zero-order chi connectivity index (χ0) is 19.6. The summed E-state index contributed by atoms with van der Waals surface area (Å²) in [6.07, 6.45) is 1.60. The van der Waals surface area contributed by atoms with Crippen LogP contribution in [0.2, 0.25) is 0 Å². The van der Waals surface area contributed by atoms with Crippen LogP contribution in [-0.4, -0.2) is 39.6 Å². The van der Waals surface area contributed by atoms with E-state index in [1.807, 2.05) is 39.1 Å². The summed E-state index contributed by atoms with van der Waals surface area (Å²) in [5, 5.41) is 14.1. The van der Waals surface area contributed by atoms with E-state index in [1.54, 1.807) is 10.9 Å². The van der Waals surface area contributed by atoms with Crippen LogP contribution in [-0.2, 0) is 16.6 Å². The molecule has 2 heterocycles. The molecule has 2 aromatic rings. The van der Waals surface area contributed by atoms with Crippen LogP contribution in [0.4, 0.5) is 4.79 Å². The molecule has 0 spiro atoms. The molecule has 8 nitrogen and oxygen atoms in total. The lowest BCUT2D eigenvalue weighted by Gasteiger charge is -2.30. The Balaban J connectivity index is 2.03. The molecule has 2 N–H and O–H groups in total. The number of rotatable bonds is 5. The lowest BCUT2D eigenvalue weighted by molar-refractivity contribution is -0.136. The predicted octanol–water partition coefficient (Wildman–Crippen LogP) is 2.01. The number of urea groups is 1. The van der Waals surface area contributed by atoms with Crippen LogP contribution in [0.5, 0.6) is 0 Å². The van der Waals surface area contributed by atoms with Crippen molar-refractivity contribution < 1.29 is 14.3 Å². The van der Waals surface area contributed by atoms with Gasteiger partial charge in [0.25, 0.3) is 0 Å². The zero-order valence-corrected chi connectivity index (χ0v) is 16.4. The number of ether oxygens (including phenoxy) is 1. The first-order valence-corrected chi connectivity index (χ1v) is 9.32. The molecule has 1 atom stereocenters. The molecule has 1 aromatic carbocycles. The van der Waals surface area contributed by atoms with Gasteiger partial charge in [-0.25, -0.2) is 9.59 Å². The van der Waals surface area contributed by atoms with E-state index < -0.39 is 12.0 Å². The molecule has 0 fully saturated rings. The average molecular weight is 387 g/mol. The lowest BCUT2D eigenvalue weighted by atomic mass is 9.91. The van der Waals surface area contributed by atoms with Crippen LogP contribution >= 0.6 is 11.8 Å². The van der Waals surface area contributed by atoms with E-state index in [4.69, 9.17) is 4.74 Å². The maximum absolute atomic E-state index is 12.6. The monoisotopic (exact) mass is 387 g/mol. The van der Waals surface area contributed by atoms with Crippen molar-refractivity contribution in [2.24, 2.45) is 7.05 Å². The summed E-state index contributed by atoms with van der Waals surface area (Å²) in [5.41, 5.74) is 3.79. The molecule has 142 valence electrons. The summed E-state index contributed by atoms with van der Waals surface area (Å²) >= 11 is 1.38. The van der Waals surface area contributed by atoms with Gasteiger partial charge in [0.15, 0.2) is 5.16 Å². The van der Waals surface area contributed by atoms with Gasteiger partial charge in [0.05, 0.1) is 18.7 Å². The Kier molecular flexibility index (Phi) is 5.50. The SMILES string of the molecule is COC(=O)C1=C(CSc2nncn2C)NC(=O)N[C@@H]1c1cc(C)ccc1C. The summed E-state index contributed by atoms with van der Waals surface area (Å²) in [7, 11) is 3.16. The topological polar surface area (TPSA) is 98.1 Å². The van der Waals surface area contributed by atoms with E-state index in [0.29, 0.717) is 22.2 Å². The first-order chi connectivity index (χ1) is 12.9. The standard InChI is InChI=1S/C18H21N5O3S/c1-10-5-6-11(2)12(7-10)15-14(16(24)26-4)13(20-17(25)21-15)8-27-18-22-19-9-23(18)3/h5-7,9,15H,8H2,1-4H3,(H2,20,21,25)/t15-/m1/s1. The minimum absolute atomic E-state index is 0.353. The normalized spacial score (nSPS) is 16.7. The number of amides is 2. The second-order valence-corrected chi connectivity index (χ2v) is 7.23. The number of aromatic nitrogens is 3. The average Bonchev–Trinajstić information content (AvgIpc) is 3.05. The molecular formula is C18H21N5O3S. The minimum atomic E-state index is -0.582. The highest BCUT2D eigenvalue weighted by Gasteiger charge is 2.34. The van der Waals surface area contributed by atoms with E-state index in [0.717, 1.165) is 16.7 Å². The van der Waals surface area contributed by atoms with Gasteiger partial charge in [-0.1, -0.05) is 35.5 Å². The predicted molar refractivity (Wildman–Crippen MR) is 101 cm³/mol. The Morgan fingerprint density at radius 1 is 1.37 bits per heavy atom. The van der Waals surface area contributed by atoms with Crippen molar-refractivity contribution in [3.05, 3.63) is 52.5 Å². The van der Waals surface area contributed by atoms with Gasteiger partial charge in [-0.2, -0.15) is 0 Å². The molecule has 0 saturated carbocycles. The maximum Gasteiger partial charge on any atom is 0.338 e. The van der Waals surface area contributed by atoms with Gasteiger partial charge in [0.2, 0.25) is 0 Å². The number of hydrogen-bond donors (Lipinski definition) is 2. The molecule has 27 heavy (non-hydrogen) atoms. The van der Waals surface area contributed by atoms with Gasteiger partial charge < -0.3 is 19.9 Å². The quantitative estimate of drug-likeness (QED) is 0.602. The molecule has 9 heteroatoms. The molecule has 1 aliphatic rings. The molecule has 1 aromatic heterocycles. The molecule has 0 radical (unpaired) electrons. The number of methoxy groups -OCH3 is 1. The molecule has 0 saturated heterocycles. The summed E-state index contributed by atoms with van der Waals surface area (Å²) in [6.45, 7) is 3.92. The van der Waals surface area contributed by atoms with Crippen molar-refractivity contribution >= 4 is 23.8 Å². The Labute approximate surface area is 161 Å². The molecule has 0 aliphatic carbocycles. The van der Waals surface area contributed by atoms with E-state index >= 15 is 0 Å². The number of nitrogens with zero attached hydrogens (tertiary/aromatic N) is 3. The van der Waals surface area contributed by atoms with Gasteiger partial charge >= 0.3 is 12.0 Å². The number of hydrogen-bond acceptors (Lipinski definition) is 6. The number of carbonyl (C=O) groups is 2. The number of esters is 1. The summed E-state index contributed by atoms with van der Waals surface area (Å²) < 4.78 is 6.78. The summed E-state index contributed by atoms with van der Waals surface area (Å²) in [5.74, 6) is -0.131. The highest BCUT2D eigenvalue weighted by atomic mass is 32.2. The Bertz CT molecular complexity index is 921. The van der Waals surface area contributed by atoms with Crippen molar-refractivity contribution in [2.75, 3.05) is 12.9 Å². The fraction of sp³-hybridized carbons (Fsp3) is 0.333. The Hall–Kier alpha value is -2.81. The van der Waals surface area contributed by atoms with E-state index in [2.05, 4.69) is 20.8 Å². The summed E-state index contributed by atoms with van der Waals surface area (Å²) in [6, 6.07) is 5.00. The van der Waals surface area contributed by atoms with Crippen LogP contribution in [0.15, 0.2) is 41.0 Å². The third kappa shape index (κ3) is 3.97. The number of carbonyl (C=O) groups excluding carboxylic acids is 2. The highest BCUT2D eigenvalue weighted by molar-refractivity contribution is 7.99. The van der Waals surface area contributed by atoms with Gasteiger partial charge in [-0.05, 0) is 25.0 Å². The van der Waals surface area contributed by atoms with Gasteiger partial charge in [0.1, 0.15) is 6.33 Å². The van der Waals surface area contributed by atoms with Crippen molar-refractivity contribution in [3.8, 4) is 0 Å². The molecular weight excluding hydrogens is 366 g/mol. The second kappa shape index (κ2) is 7.83. The van der Waals surface area contributed by atoms with Gasteiger partial charge in [-0.3, -0.25) is 0 Å². The fourth-order valence-electron chi connectivity index (χ4n) is 2.93. The number of thioether (sulfide) groups is 1. The molecule has 3 rings (SSSR count). The second-order valence-electron chi connectivity index (χ2n) is 6.29. The maximum atomic E-state index is 12.6.